The van der Waals surface area contributed by atoms with Crippen LogP contribution in [0.25, 0.3) is 0 Å². The molecule has 0 saturated carbocycles. The summed E-state index contributed by atoms with van der Waals surface area (Å²) in [5.41, 5.74) is 0. The fraction of sp³-hybridized carbons (Fsp3) is 0.692. The molecule has 0 heterocycles. The van der Waals surface area contributed by atoms with E-state index in [9.17, 15) is 0 Å². The second kappa shape index (κ2) is 8.58. The van der Waals surface area contributed by atoms with Crippen molar-refractivity contribution >= 4 is 18.4 Å². The molecule has 0 radical (unpaired) electrons. The second-order valence-electron chi connectivity index (χ2n) is 5.16. The standard InChI is InChI=1S/C10H17.3CH3.Sn/c1-3-5-7-9-10-8-6-4-2;;;;/h3-5H,1-2,6-10H2;3*1H3;/b5-3+;;;;. The molecule has 0 nitrogen and oxygen atoms in total. The Bertz CT molecular complexity index is 163. The molecule has 0 rings (SSSR count). The van der Waals surface area contributed by atoms with E-state index in [-0.39, 0.29) is 0 Å². The average Bonchev–Trinajstić information content (AvgIpc) is 2.08. The molecule has 0 saturated heterocycles. The number of unbranched alkanes of at least 4 members (excludes halogenated alkanes) is 4. The second-order valence-corrected chi connectivity index (χ2v) is 20.9. The van der Waals surface area contributed by atoms with Gasteiger partial charge in [-0.05, 0) is 0 Å². The van der Waals surface area contributed by atoms with Gasteiger partial charge in [-0.2, -0.15) is 0 Å². The van der Waals surface area contributed by atoms with Gasteiger partial charge in [0, 0.05) is 0 Å². The van der Waals surface area contributed by atoms with Crippen molar-refractivity contribution in [2.45, 2.75) is 51.4 Å². The predicted molar refractivity (Wildman–Crippen MR) is 70.6 cm³/mol. The van der Waals surface area contributed by atoms with Crippen molar-refractivity contribution in [2.24, 2.45) is 0 Å². The van der Waals surface area contributed by atoms with Crippen LogP contribution < -0.4 is 0 Å². The summed E-state index contributed by atoms with van der Waals surface area (Å²) in [4.78, 5) is 7.47. The molecule has 1 heteroatoms. The molecule has 82 valence electrons. The van der Waals surface area contributed by atoms with E-state index in [4.69, 9.17) is 0 Å². The number of hydrogen-bond acceptors (Lipinski definition) is 0. The van der Waals surface area contributed by atoms with Gasteiger partial charge in [-0.15, -0.1) is 0 Å². The molecular formula is C13H26Sn. The van der Waals surface area contributed by atoms with Gasteiger partial charge in [-0.25, -0.2) is 0 Å². The summed E-state index contributed by atoms with van der Waals surface area (Å²) in [5, 5.41) is 0. The van der Waals surface area contributed by atoms with Crippen LogP contribution in [0.4, 0.5) is 0 Å². The molecule has 0 aliphatic heterocycles. The molecule has 0 N–H and O–H groups in total. The SMILES string of the molecule is C=CCCCCC/C=C/[CH2][Sn]([CH3])([CH3])[CH3]. The Morgan fingerprint density at radius 3 is 2.14 bits per heavy atom. The first-order chi connectivity index (χ1) is 6.56. The van der Waals surface area contributed by atoms with E-state index >= 15 is 0 Å². The van der Waals surface area contributed by atoms with Crippen molar-refractivity contribution in [1.29, 1.82) is 0 Å². The van der Waals surface area contributed by atoms with Crippen LogP contribution in [0.5, 0.6) is 0 Å². The molecule has 0 aliphatic carbocycles. The van der Waals surface area contributed by atoms with Crippen molar-refractivity contribution in [3.8, 4) is 0 Å². The van der Waals surface area contributed by atoms with Gasteiger partial charge in [0.25, 0.3) is 0 Å². The quantitative estimate of drug-likeness (QED) is 0.335. The van der Waals surface area contributed by atoms with Crippen molar-refractivity contribution < 1.29 is 0 Å². The van der Waals surface area contributed by atoms with E-state index in [0.29, 0.717) is 0 Å². The summed E-state index contributed by atoms with van der Waals surface area (Å²) in [6.07, 6.45) is 13.3. The molecule has 0 spiro atoms. The third-order valence-electron chi connectivity index (χ3n) is 2.18. The zero-order chi connectivity index (χ0) is 10.9. The van der Waals surface area contributed by atoms with Crippen LogP contribution in [0.3, 0.4) is 0 Å². The van der Waals surface area contributed by atoms with Gasteiger partial charge in [0.05, 0.1) is 0 Å². The molecule has 0 unspecified atom stereocenters. The Balaban J connectivity index is 3.23. The topological polar surface area (TPSA) is 0 Å². The summed E-state index contributed by atoms with van der Waals surface area (Å²) in [5.74, 6) is 0. The Morgan fingerprint density at radius 2 is 1.57 bits per heavy atom. The van der Waals surface area contributed by atoms with Gasteiger partial charge in [-0.1, -0.05) is 0 Å². The van der Waals surface area contributed by atoms with Crippen molar-refractivity contribution in [3.63, 3.8) is 0 Å². The number of rotatable bonds is 8. The molecule has 0 fully saturated rings. The minimum atomic E-state index is -1.49. The van der Waals surface area contributed by atoms with E-state index in [1.807, 2.05) is 6.08 Å². The fourth-order valence-electron chi connectivity index (χ4n) is 1.28. The van der Waals surface area contributed by atoms with Crippen LogP contribution in [-0.2, 0) is 0 Å². The number of allylic oxidation sites excluding steroid dienone is 3. The Morgan fingerprint density at radius 1 is 0.929 bits per heavy atom. The first-order valence-corrected chi connectivity index (χ1v) is 16.4. The maximum atomic E-state index is 3.73. The maximum absolute atomic E-state index is 3.73. The molecule has 0 amide bonds. The Hall–Kier alpha value is 0.279. The van der Waals surface area contributed by atoms with Crippen LogP contribution in [0.1, 0.15) is 32.1 Å². The van der Waals surface area contributed by atoms with Gasteiger partial charge in [0.2, 0.25) is 0 Å². The normalized spacial score (nSPS) is 12.2. The van der Waals surface area contributed by atoms with Crippen LogP contribution >= 0.6 is 0 Å². The van der Waals surface area contributed by atoms with Crippen LogP contribution in [0.15, 0.2) is 24.8 Å². The van der Waals surface area contributed by atoms with Gasteiger partial charge in [0.1, 0.15) is 0 Å². The van der Waals surface area contributed by atoms with E-state index < -0.39 is 18.4 Å². The van der Waals surface area contributed by atoms with E-state index in [2.05, 4.69) is 33.5 Å². The molecule has 0 atom stereocenters. The summed E-state index contributed by atoms with van der Waals surface area (Å²) in [6, 6.07) is 0. The molecule has 14 heavy (non-hydrogen) atoms. The predicted octanol–water partition coefficient (Wildman–Crippen LogP) is 5.02. The van der Waals surface area contributed by atoms with Crippen LogP contribution in [0, 0.1) is 0 Å². The van der Waals surface area contributed by atoms with Crippen LogP contribution in [-0.4, -0.2) is 18.4 Å². The van der Waals surface area contributed by atoms with Gasteiger partial charge in [-0.3, -0.25) is 0 Å². The molecule has 0 aliphatic rings. The minimum absolute atomic E-state index is 1.18. The zero-order valence-corrected chi connectivity index (χ0v) is 13.0. The third-order valence-corrected chi connectivity index (χ3v) is 6.34. The molecule has 0 aromatic rings. The molecule has 0 aromatic carbocycles. The van der Waals surface area contributed by atoms with Crippen molar-refractivity contribution in [1.82, 2.24) is 0 Å². The monoisotopic (exact) mass is 302 g/mol. The summed E-state index contributed by atoms with van der Waals surface area (Å²) < 4.78 is 1.40. The molecule has 0 bridgehead atoms. The summed E-state index contributed by atoms with van der Waals surface area (Å²) in [6.45, 7) is 3.73. The van der Waals surface area contributed by atoms with Gasteiger partial charge < -0.3 is 0 Å². The fourth-order valence-corrected chi connectivity index (χ4v) is 3.78. The number of hydrogen-bond donors (Lipinski definition) is 0. The Kier molecular flexibility index (Phi) is 8.75. The third kappa shape index (κ3) is 12.3. The van der Waals surface area contributed by atoms with Crippen molar-refractivity contribution in [2.75, 3.05) is 0 Å². The van der Waals surface area contributed by atoms with E-state index in [1.54, 1.807) is 0 Å². The van der Waals surface area contributed by atoms with Crippen LogP contribution in [0.2, 0.25) is 19.3 Å². The zero-order valence-electron chi connectivity index (χ0n) is 10.2. The Labute approximate surface area is 94.4 Å². The molecular weight excluding hydrogens is 275 g/mol. The summed E-state index contributed by atoms with van der Waals surface area (Å²) >= 11 is -1.49. The van der Waals surface area contributed by atoms with E-state index in [0.717, 1.165) is 0 Å². The summed E-state index contributed by atoms with van der Waals surface area (Å²) in [7, 11) is 0. The van der Waals surface area contributed by atoms with Crippen molar-refractivity contribution in [3.05, 3.63) is 24.8 Å². The first kappa shape index (κ1) is 14.3. The first-order valence-electron chi connectivity index (χ1n) is 5.82. The average molecular weight is 301 g/mol. The van der Waals surface area contributed by atoms with Gasteiger partial charge >= 0.3 is 94.5 Å². The van der Waals surface area contributed by atoms with Gasteiger partial charge in [0.15, 0.2) is 0 Å². The van der Waals surface area contributed by atoms with E-state index in [1.165, 1.54) is 36.5 Å². The molecule has 0 aromatic heterocycles.